The monoisotopic (exact) mass is 380 g/mol. The summed E-state index contributed by atoms with van der Waals surface area (Å²) in [5, 5.41) is 0. The Morgan fingerprint density at radius 2 is 2.00 bits per heavy atom. The van der Waals surface area contributed by atoms with E-state index in [2.05, 4.69) is 9.97 Å². The van der Waals surface area contributed by atoms with Crippen molar-refractivity contribution in [3.8, 4) is 11.6 Å². The fourth-order valence-electron chi connectivity index (χ4n) is 2.92. The van der Waals surface area contributed by atoms with Crippen molar-refractivity contribution in [2.24, 2.45) is 0 Å². The first-order valence-electron chi connectivity index (χ1n) is 8.65. The summed E-state index contributed by atoms with van der Waals surface area (Å²) in [7, 11) is 0. The predicted octanol–water partition coefficient (Wildman–Crippen LogP) is 2.82. The molecular formula is C20H17FN4O3. The third-order valence-electron chi connectivity index (χ3n) is 4.32. The Labute approximate surface area is 160 Å². The van der Waals surface area contributed by atoms with Crippen molar-refractivity contribution >= 4 is 17.4 Å². The number of benzene rings is 2. The summed E-state index contributed by atoms with van der Waals surface area (Å²) < 4.78 is 25.6. The van der Waals surface area contributed by atoms with E-state index in [1.54, 1.807) is 6.07 Å². The molecule has 4 rings (SSSR count). The van der Waals surface area contributed by atoms with Crippen molar-refractivity contribution in [1.82, 2.24) is 9.97 Å². The predicted molar refractivity (Wildman–Crippen MR) is 101 cm³/mol. The lowest BCUT2D eigenvalue weighted by Gasteiger charge is -2.21. The number of nitrogens with zero attached hydrogens (tertiary/aromatic N) is 3. The van der Waals surface area contributed by atoms with Crippen LogP contribution < -0.4 is 20.1 Å². The molecule has 0 saturated heterocycles. The lowest BCUT2D eigenvalue weighted by atomic mass is 10.2. The number of nitrogens with two attached hydrogens (primary N) is 1. The van der Waals surface area contributed by atoms with Crippen LogP contribution in [0.2, 0.25) is 0 Å². The lowest BCUT2D eigenvalue weighted by Crippen LogP contribution is -2.32. The van der Waals surface area contributed by atoms with E-state index in [1.165, 1.54) is 23.4 Å². The molecule has 0 radical (unpaired) electrons. The molecule has 8 heteroatoms. The van der Waals surface area contributed by atoms with Gasteiger partial charge in [0, 0.05) is 11.8 Å². The molecule has 0 aliphatic carbocycles. The maximum atomic E-state index is 14.6. The number of anilines is 2. The van der Waals surface area contributed by atoms with Crippen molar-refractivity contribution in [3.63, 3.8) is 0 Å². The van der Waals surface area contributed by atoms with Gasteiger partial charge in [-0.05, 0) is 17.7 Å². The Bertz CT molecular complexity index is 1010. The van der Waals surface area contributed by atoms with Crippen LogP contribution in [0.3, 0.4) is 0 Å². The molecule has 1 amide bonds. The molecule has 142 valence electrons. The van der Waals surface area contributed by atoms with E-state index in [9.17, 15) is 9.18 Å². The summed E-state index contributed by atoms with van der Waals surface area (Å²) in [6.45, 7) is 0.663. The maximum Gasteiger partial charge on any atom is 0.267 e. The topological polar surface area (TPSA) is 90.6 Å². The summed E-state index contributed by atoms with van der Waals surface area (Å²) in [5.41, 5.74) is 7.19. The molecule has 3 aromatic rings. The molecule has 28 heavy (non-hydrogen) atoms. The van der Waals surface area contributed by atoms with Gasteiger partial charge in [-0.3, -0.25) is 4.79 Å². The molecule has 7 nitrogen and oxygen atoms in total. The van der Waals surface area contributed by atoms with E-state index in [0.717, 1.165) is 5.56 Å². The fraction of sp³-hybridized carbons (Fsp3) is 0.150. The Morgan fingerprint density at radius 3 is 2.79 bits per heavy atom. The van der Waals surface area contributed by atoms with E-state index < -0.39 is 11.7 Å². The van der Waals surface area contributed by atoms with Crippen molar-refractivity contribution in [3.05, 3.63) is 71.8 Å². The van der Waals surface area contributed by atoms with Gasteiger partial charge in [0.05, 0.1) is 6.54 Å². The average Bonchev–Trinajstić information content (AvgIpc) is 2.87. The normalized spacial score (nSPS) is 13.5. The molecule has 2 aromatic carbocycles. The number of carbonyl (C=O) groups excluding carboxylic acids is 1. The quantitative estimate of drug-likeness (QED) is 0.749. The second kappa shape index (κ2) is 7.51. The zero-order valence-electron chi connectivity index (χ0n) is 14.8. The number of halogens is 1. The fourth-order valence-corrected chi connectivity index (χ4v) is 2.92. The zero-order chi connectivity index (χ0) is 19.5. The van der Waals surface area contributed by atoms with Crippen molar-refractivity contribution in [2.75, 3.05) is 23.8 Å². The third-order valence-corrected chi connectivity index (χ3v) is 4.32. The van der Waals surface area contributed by atoms with Crippen molar-refractivity contribution in [1.29, 1.82) is 0 Å². The Hall–Kier alpha value is -3.68. The van der Waals surface area contributed by atoms with Crippen LogP contribution >= 0.6 is 0 Å². The lowest BCUT2D eigenvalue weighted by molar-refractivity contribution is 0.0990. The van der Waals surface area contributed by atoms with Gasteiger partial charge in [0.1, 0.15) is 30.9 Å². The van der Waals surface area contributed by atoms with Crippen LogP contribution in [-0.2, 0) is 6.61 Å². The first-order valence-corrected chi connectivity index (χ1v) is 8.65. The minimum absolute atomic E-state index is 0.0187. The number of aromatic nitrogens is 2. The molecule has 1 aliphatic heterocycles. The molecule has 2 N–H and O–H groups in total. The number of rotatable bonds is 4. The summed E-state index contributed by atoms with van der Waals surface area (Å²) in [5.74, 6) is -0.755. The number of hydrogen-bond donors (Lipinski definition) is 1. The van der Waals surface area contributed by atoms with E-state index >= 15 is 0 Å². The van der Waals surface area contributed by atoms with Crippen LogP contribution in [0.4, 0.5) is 15.9 Å². The number of carbonyl (C=O) groups is 1. The second-order valence-electron chi connectivity index (χ2n) is 6.13. The Morgan fingerprint density at radius 1 is 1.18 bits per heavy atom. The third kappa shape index (κ3) is 3.44. The molecule has 0 atom stereocenters. The van der Waals surface area contributed by atoms with Crippen molar-refractivity contribution < 1.29 is 18.7 Å². The molecule has 0 fully saturated rings. The van der Waals surface area contributed by atoms with E-state index in [0.29, 0.717) is 5.69 Å². The van der Waals surface area contributed by atoms with Gasteiger partial charge in [-0.2, -0.15) is 0 Å². The number of hydrogen-bond acceptors (Lipinski definition) is 6. The molecule has 0 saturated carbocycles. The largest absolute Gasteiger partial charge is 0.486 e. The number of amides is 1. The summed E-state index contributed by atoms with van der Waals surface area (Å²) in [6.07, 6.45) is 1.23. The van der Waals surface area contributed by atoms with Gasteiger partial charge in [0.25, 0.3) is 5.91 Å². The van der Waals surface area contributed by atoms with E-state index in [4.69, 9.17) is 15.2 Å². The maximum absolute atomic E-state index is 14.6. The minimum atomic E-state index is -0.566. The number of nitrogen functional groups attached to an aromatic ring is 1. The van der Waals surface area contributed by atoms with Crippen LogP contribution in [0.1, 0.15) is 15.9 Å². The average molecular weight is 380 g/mol. The van der Waals surface area contributed by atoms with Crippen molar-refractivity contribution in [2.45, 2.75) is 6.61 Å². The SMILES string of the molecule is Nc1ncnc2c1C(=O)N(c1ccc(OCc3ccccc3)c(F)c1)CCO2. The standard InChI is InChI=1S/C20H17FN4O3/c21-15-10-14(6-7-16(15)28-11-13-4-2-1-3-5-13)25-8-9-27-19-17(20(25)26)18(22)23-12-24-19/h1-7,10,12H,8-9,11H2,(H2,22,23,24). The van der Waals surface area contributed by atoms with E-state index in [1.807, 2.05) is 30.3 Å². The van der Waals surface area contributed by atoms with Crippen LogP contribution in [-0.4, -0.2) is 29.0 Å². The molecule has 1 aliphatic rings. The molecule has 1 aromatic heterocycles. The van der Waals surface area contributed by atoms with Crippen LogP contribution in [0.15, 0.2) is 54.9 Å². The molecule has 2 heterocycles. The molecular weight excluding hydrogens is 363 g/mol. The van der Waals surface area contributed by atoms with E-state index in [-0.39, 0.29) is 42.8 Å². The van der Waals surface area contributed by atoms with Crippen LogP contribution in [0.25, 0.3) is 0 Å². The molecule has 0 bridgehead atoms. The Balaban J connectivity index is 1.57. The highest BCUT2D eigenvalue weighted by Gasteiger charge is 2.29. The van der Waals surface area contributed by atoms with Gasteiger partial charge in [0.15, 0.2) is 11.6 Å². The van der Waals surface area contributed by atoms with Gasteiger partial charge in [-0.1, -0.05) is 30.3 Å². The highest BCUT2D eigenvalue weighted by molar-refractivity contribution is 6.10. The van der Waals surface area contributed by atoms with Crippen LogP contribution in [0, 0.1) is 5.82 Å². The van der Waals surface area contributed by atoms with Gasteiger partial charge in [0.2, 0.25) is 5.88 Å². The highest BCUT2D eigenvalue weighted by Crippen LogP contribution is 2.30. The Kier molecular flexibility index (Phi) is 4.76. The van der Waals surface area contributed by atoms with Crippen LogP contribution in [0.5, 0.6) is 11.6 Å². The summed E-state index contributed by atoms with van der Waals surface area (Å²) in [6, 6.07) is 13.8. The van der Waals surface area contributed by atoms with Gasteiger partial charge in [-0.15, -0.1) is 0 Å². The zero-order valence-corrected chi connectivity index (χ0v) is 14.8. The molecule has 0 unspecified atom stereocenters. The molecule has 0 spiro atoms. The second-order valence-corrected chi connectivity index (χ2v) is 6.13. The number of fused-ring (bicyclic) bond motifs is 1. The number of ether oxygens (including phenoxy) is 2. The highest BCUT2D eigenvalue weighted by atomic mass is 19.1. The van der Waals surface area contributed by atoms with Gasteiger partial charge < -0.3 is 20.1 Å². The van der Waals surface area contributed by atoms with Gasteiger partial charge in [-0.25, -0.2) is 14.4 Å². The van der Waals surface area contributed by atoms with Gasteiger partial charge >= 0.3 is 0 Å². The summed E-state index contributed by atoms with van der Waals surface area (Å²) >= 11 is 0. The first-order chi connectivity index (χ1) is 13.6. The summed E-state index contributed by atoms with van der Waals surface area (Å²) in [4.78, 5) is 22.1. The smallest absolute Gasteiger partial charge is 0.267 e. The first kappa shape index (κ1) is 17.7. The minimum Gasteiger partial charge on any atom is -0.486 e.